The predicted molar refractivity (Wildman–Crippen MR) is 53.1 cm³/mol. The van der Waals surface area contributed by atoms with Gasteiger partial charge in [-0.3, -0.25) is 0 Å². The number of hydrogen-bond donors (Lipinski definition) is 2. The summed E-state index contributed by atoms with van der Waals surface area (Å²) in [5, 5.41) is 27.2. The number of nitrogens with zero attached hydrogens (tertiary/aromatic N) is 1. The van der Waals surface area contributed by atoms with Crippen LogP contribution in [0.15, 0.2) is 30.8 Å². The Morgan fingerprint density at radius 2 is 2.00 bits per heavy atom. The molecular weight excluding hydrogens is 178 g/mol. The van der Waals surface area contributed by atoms with Crippen molar-refractivity contribution in [2.75, 3.05) is 0 Å². The van der Waals surface area contributed by atoms with Crippen molar-refractivity contribution in [3.63, 3.8) is 0 Å². The van der Waals surface area contributed by atoms with Crippen molar-refractivity contribution in [1.82, 2.24) is 0 Å². The van der Waals surface area contributed by atoms with E-state index < -0.39 is 12.2 Å². The maximum Gasteiger partial charge on any atom is 0.170 e. The van der Waals surface area contributed by atoms with E-state index in [1.807, 2.05) is 0 Å². The van der Waals surface area contributed by atoms with Gasteiger partial charge < -0.3 is 10.2 Å². The van der Waals surface area contributed by atoms with Crippen molar-refractivity contribution in [3.05, 3.63) is 42.0 Å². The largest absolute Gasteiger partial charge is 0.385 e. The smallest absolute Gasteiger partial charge is 0.170 e. The summed E-state index contributed by atoms with van der Waals surface area (Å²) in [5.41, 5.74) is 1.23. The van der Waals surface area contributed by atoms with Crippen LogP contribution in [0.2, 0.25) is 0 Å². The molecule has 1 rings (SSSR count). The lowest BCUT2D eigenvalue weighted by molar-refractivity contribution is 0.0527. The fourth-order valence-corrected chi connectivity index (χ4v) is 1.21. The van der Waals surface area contributed by atoms with Crippen LogP contribution in [-0.2, 0) is 0 Å². The average Bonchev–Trinajstić information content (AvgIpc) is 2.26. The van der Waals surface area contributed by atoms with Crippen molar-refractivity contribution in [2.24, 2.45) is 0 Å². The highest BCUT2D eigenvalue weighted by Crippen LogP contribution is 2.21. The van der Waals surface area contributed by atoms with Gasteiger partial charge in [-0.05, 0) is 11.1 Å². The molecule has 0 aliphatic carbocycles. The van der Waals surface area contributed by atoms with Gasteiger partial charge in [0.15, 0.2) is 6.10 Å². The standard InChI is InChI=1S/C11H11NO2/c1-2-8-5-3-4-6-9(8)11(14)10(13)7-12/h2-6,10-11,13-14H,1H2. The van der Waals surface area contributed by atoms with Crippen molar-refractivity contribution in [1.29, 1.82) is 5.26 Å². The highest BCUT2D eigenvalue weighted by atomic mass is 16.3. The number of aliphatic hydroxyl groups excluding tert-OH is 2. The molecule has 0 heterocycles. The Balaban J connectivity index is 3.06. The molecule has 1 aromatic carbocycles. The van der Waals surface area contributed by atoms with Crippen LogP contribution in [0, 0.1) is 11.3 Å². The Labute approximate surface area is 82.5 Å². The Morgan fingerprint density at radius 3 is 2.57 bits per heavy atom. The minimum absolute atomic E-state index is 0.511. The first kappa shape index (κ1) is 10.5. The van der Waals surface area contributed by atoms with Gasteiger partial charge in [0, 0.05) is 0 Å². The van der Waals surface area contributed by atoms with E-state index in [4.69, 9.17) is 10.4 Å². The van der Waals surface area contributed by atoms with E-state index in [9.17, 15) is 5.11 Å². The maximum absolute atomic E-state index is 9.58. The number of nitriles is 1. The molecule has 0 bridgehead atoms. The molecule has 0 amide bonds. The summed E-state index contributed by atoms with van der Waals surface area (Å²) in [6.45, 7) is 3.58. The second-order valence-corrected chi connectivity index (χ2v) is 2.85. The quantitative estimate of drug-likeness (QED) is 0.703. The molecule has 2 N–H and O–H groups in total. The lowest BCUT2D eigenvalue weighted by atomic mass is 9.99. The molecule has 2 atom stereocenters. The van der Waals surface area contributed by atoms with Crippen molar-refractivity contribution >= 4 is 6.08 Å². The zero-order chi connectivity index (χ0) is 10.6. The van der Waals surface area contributed by atoms with Gasteiger partial charge in [-0.25, -0.2) is 0 Å². The van der Waals surface area contributed by atoms with E-state index in [1.54, 1.807) is 36.4 Å². The molecule has 2 unspecified atom stereocenters. The third kappa shape index (κ3) is 1.99. The van der Waals surface area contributed by atoms with Crippen LogP contribution >= 0.6 is 0 Å². The summed E-state index contributed by atoms with van der Waals surface area (Å²) >= 11 is 0. The Bertz CT molecular complexity index is 368. The molecular formula is C11H11NO2. The van der Waals surface area contributed by atoms with Gasteiger partial charge in [-0.2, -0.15) is 5.26 Å². The molecule has 72 valence electrons. The lowest BCUT2D eigenvalue weighted by Crippen LogP contribution is -2.16. The van der Waals surface area contributed by atoms with Gasteiger partial charge >= 0.3 is 0 Å². The van der Waals surface area contributed by atoms with E-state index in [0.29, 0.717) is 11.1 Å². The molecule has 1 aromatic rings. The Morgan fingerprint density at radius 1 is 1.36 bits per heavy atom. The first-order valence-corrected chi connectivity index (χ1v) is 4.17. The highest BCUT2D eigenvalue weighted by molar-refractivity contribution is 5.52. The van der Waals surface area contributed by atoms with E-state index in [-0.39, 0.29) is 0 Å². The third-order valence-electron chi connectivity index (χ3n) is 1.97. The van der Waals surface area contributed by atoms with Crippen LogP contribution in [0.5, 0.6) is 0 Å². The van der Waals surface area contributed by atoms with Gasteiger partial charge in [0.25, 0.3) is 0 Å². The van der Waals surface area contributed by atoms with Gasteiger partial charge in [-0.15, -0.1) is 0 Å². The average molecular weight is 189 g/mol. The summed E-state index contributed by atoms with van der Waals surface area (Å²) < 4.78 is 0. The predicted octanol–water partition coefficient (Wildman–Crippen LogP) is 1.25. The van der Waals surface area contributed by atoms with Crippen LogP contribution in [-0.4, -0.2) is 16.3 Å². The molecule has 0 radical (unpaired) electrons. The van der Waals surface area contributed by atoms with Crippen molar-refractivity contribution < 1.29 is 10.2 Å². The summed E-state index contributed by atoms with van der Waals surface area (Å²) in [4.78, 5) is 0. The summed E-state index contributed by atoms with van der Waals surface area (Å²) in [6.07, 6.45) is -1.02. The monoisotopic (exact) mass is 189 g/mol. The number of aliphatic hydroxyl groups is 2. The lowest BCUT2D eigenvalue weighted by Gasteiger charge is -2.14. The Kier molecular flexibility index (Phi) is 3.41. The van der Waals surface area contributed by atoms with Gasteiger partial charge in [-0.1, -0.05) is 36.9 Å². The number of rotatable bonds is 3. The fourth-order valence-electron chi connectivity index (χ4n) is 1.21. The second kappa shape index (κ2) is 4.56. The SMILES string of the molecule is C=Cc1ccccc1C(O)C(O)C#N. The summed E-state index contributed by atoms with van der Waals surface area (Å²) in [7, 11) is 0. The maximum atomic E-state index is 9.58. The molecule has 3 nitrogen and oxygen atoms in total. The number of benzene rings is 1. The third-order valence-corrected chi connectivity index (χ3v) is 1.97. The first-order chi connectivity index (χ1) is 6.70. The molecule has 0 spiro atoms. The minimum atomic E-state index is -1.41. The second-order valence-electron chi connectivity index (χ2n) is 2.85. The normalized spacial score (nSPS) is 14.1. The number of hydrogen-bond acceptors (Lipinski definition) is 3. The molecule has 0 aliphatic heterocycles. The molecule has 0 aliphatic rings. The molecule has 0 fully saturated rings. The van der Waals surface area contributed by atoms with Crippen LogP contribution in [0.1, 0.15) is 17.2 Å². The van der Waals surface area contributed by atoms with E-state index >= 15 is 0 Å². The van der Waals surface area contributed by atoms with E-state index in [1.165, 1.54) is 0 Å². The van der Waals surface area contributed by atoms with E-state index in [0.717, 1.165) is 0 Å². The molecule has 0 saturated heterocycles. The minimum Gasteiger partial charge on any atom is -0.385 e. The zero-order valence-electron chi connectivity index (χ0n) is 7.59. The fraction of sp³-hybridized carbons (Fsp3) is 0.182. The van der Waals surface area contributed by atoms with Gasteiger partial charge in [0.1, 0.15) is 6.10 Å². The molecule has 0 aromatic heterocycles. The molecule has 14 heavy (non-hydrogen) atoms. The molecule has 3 heteroatoms. The van der Waals surface area contributed by atoms with Crippen LogP contribution in [0.3, 0.4) is 0 Å². The Hall–Kier alpha value is -1.63. The van der Waals surface area contributed by atoms with Gasteiger partial charge in [0.2, 0.25) is 0 Å². The van der Waals surface area contributed by atoms with Gasteiger partial charge in [0.05, 0.1) is 6.07 Å². The molecule has 0 saturated carbocycles. The van der Waals surface area contributed by atoms with Crippen molar-refractivity contribution in [3.8, 4) is 6.07 Å². The van der Waals surface area contributed by atoms with E-state index in [2.05, 4.69) is 6.58 Å². The van der Waals surface area contributed by atoms with Crippen LogP contribution < -0.4 is 0 Å². The topological polar surface area (TPSA) is 64.2 Å². The zero-order valence-corrected chi connectivity index (χ0v) is 7.59. The summed E-state index contributed by atoms with van der Waals surface area (Å²) in [5.74, 6) is 0. The van der Waals surface area contributed by atoms with Crippen LogP contribution in [0.4, 0.5) is 0 Å². The van der Waals surface area contributed by atoms with Crippen LogP contribution in [0.25, 0.3) is 6.08 Å². The first-order valence-electron chi connectivity index (χ1n) is 4.17. The summed E-state index contributed by atoms with van der Waals surface area (Å²) in [6, 6.07) is 8.53. The van der Waals surface area contributed by atoms with Crippen molar-refractivity contribution in [2.45, 2.75) is 12.2 Å². The highest BCUT2D eigenvalue weighted by Gasteiger charge is 2.19.